The van der Waals surface area contributed by atoms with E-state index in [9.17, 15) is 9.59 Å². The monoisotopic (exact) mass is 913 g/mol. The first-order valence-electron chi connectivity index (χ1n) is 27.1. The van der Waals surface area contributed by atoms with Gasteiger partial charge in [0.05, 0.1) is 6.61 Å². The van der Waals surface area contributed by atoms with Crippen molar-refractivity contribution in [3.05, 3.63) is 122 Å². The van der Waals surface area contributed by atoms with Gasteiger partial charge >= 0.3 is 11.9 Å². The molecule has 0 saturated carbocycles. The summed E-state index contributed by atoms with van der Waals surface area (Å²) in [6.07, 6.45) is 78.0. The van der Waals surface area contributed by atoms with Gasteiger partial charge in [0.25, 0.3) is 0 Å². The van der Waals surface area contributed by atoms with Crippen molar-refractivity contribution >= 4 is 11.9 Å². The van der Waals surface area contributed by atoms with Crippen LogP contribution in [-0.2, 0) is 23.8 Å². The van der Waals surface area contributed by atoms with E-state index in [4.69, 9.17) is 14.2 Å². The third-order valence-corrected chi connectivity index (χ3v) is 11.0. The Morgan fingerprint density at radius 3 is 1.17 bits per heavy atom. The van der Waals surface area contributed by atoms with E-state index in [1.807, 2.05) is 6.08 Å². The molecule has 0 bridgehead atoms. The van der Waals surface area contributed by atoms with Crippen LogP contribution in [0, 0.1) is 0 Å². The second kappa shape index (κ2) is 55.6. The van der Waals surface area contributed by atoms with Crippen LogP contribution in [0.2, 0.25) is 0 Å². The zero-order valence-electron chi connectivity index (χ0n) is 42.9. The molecule has 0 aromatic heterocycles. The third kappa shape index (κ3) is 52.9. The highest BCUT2D eigenvalue weighted by atomic mass is 16.6. The van der Waals surface area contributed by atoms with Gasteiger partial charge in [-0.2, -0.15) is 0 Å². The van der Waals surface area contributed by atoms with E-state index in [0.717, 1.165) is 96.3 Å². The molecule has 0 heterocycles. The summed E-state index contributed by atoms with van der Waals surface area (Å²) < 4.78 is 17.3. The molecule has 374 valence electrons. The Hall–Kier alpha value is -3.70. The Bertz CT molecular complexity index is 1350. The SMILES string of the molecule is CC/C=C\C/C=C\C/C=C\C/C=C\C/C=C\C/C=C\CCC(=O)OCC(COCCCCCCCCCC/C=C\CCCCCCCC)OC(=O)CCCCC/C=C\C/C=C\C/C=C\CC. The maximum Gasteiger partial charge on any atom is 0.306 e. The molecule has 5 nitrogen and oxygen atoms in total. The van der Waals surface area contributed by atoms with E-state index >= 15 is 0 Å². The molecule has 0 aromatic rings. The first kappa shape index (κ1) is 62.3. The van der Waals surface area contributed by atoms with Crippen molar-refractivity contribution in [3.8, 4) is 0 Å². The summed E-state index contributed by atoms with van der Waals surface area (Å²) in [4.78, 5) is 25.4. The summed E-state index contributed by atoms with van der Waals surface area (Å²) in [6.45, 7) is 7.47. The van der Waals surface area contributed by atoms with Crippen molar-refractivity contribution in [2.75, 3.05) is 19.8 Å². The lowest BCUT2D eigenvalue weighted by molar-refractivity contribution is -0.162. The van der Waals surface area contributed by atoms with E-state index in [0.29, 0.717) is 25.9 Å². The van der Waals surface area contributed by atoms with E-state index in [-0.39, 0.29) is 25.2 Å². The molecule has 0 aromatic carbocycles. The fraction of sp³-hybridized carbons (Fsp3) is 0.639. The molecule has 0 aliphatic carbocycles. The molecule has 0 aliphatic rings. The predicted octanol–water partition coefficient (Wildman–Crippen LogP) is 18.6. The average Bonchev–Trinajstić information content (AvgIpc) is 3.32. The van der Waals surface area contributed by atoms with E-state index < -0.39 is 6.10 Å². The number of carbonyl (C=O) groups excluding carboxylic acids is 2. The fourth-order valence-electron chi connectivity index (χ4n) is 7.01. The zero-order valence-corrected chi connectivity index (χ0v) is 42.9. The van der Waals surface area contributed by atoms with Crippen molar-refractivity contribution in [1.29, 1.82) is 0 Å². The molecule has 0 saturated heterocycles. The average molecular weight is 913 g/mol. The van der Waals surface area contributed by atoms with Gasteiger partial charge in [0.2, 0.25) is 0 Å². The third-order valence-electron chi connectivity index (χ3n) is 11.0. The highest BCUT2D eigenvalue weighted by Crippen LogP contribution is 2.13. The van der Waals surface area contributed by atoms with Gasteiger partial charge in [0, 0.05) is 19.4 Å². The lowest BCUT2D eigenvalue weighted by Crippen LogP contribution is -2.30. The number of carbonyl (C=O) groups is 2. The van der Waals surface area contributed by atoms with Gasteiger partial charge in [0.15, 0.2) is 6.10 Å². The molecule has 0 amide bonds. The smallest absolute Gasteiger partial charge is 0.306 e. The van der Waals surface area contributed by atoms with Gasteiger partial charge in [-0.15, -0.1) is 0 Å². The topological polar surface area (TPSA) is 61.8 Å². The Morgan fingerprint density at radius 1 is 0.348 bits per heavy atom. The highest BCUT2D eigenvalue weighted by molar-refractivity contribution is 5.70. The lowest BCUT2D eigenvalue weighted by atomic mass is 10.1. The molecule has 0 spiro atoms. The van der Waals surface area contributed by atoms with Gasteiger partial charge < -0.3 is 14.2 Å². The Labute approximate surface area is 407 Å². The molecule has 0 rings (SSSR count). The number of allylic oxidation sites excluding steroid dienone is 20. The summed E-state index contributed by atoms with van der Waals surface area (Å²) >= 11 is 0. The highest BCUT2D eigenvalue weighted by Gasteiger charge is 2.17. The summed E-state index contributed by atoms with van der Waals surface area (Å²) in [5.41, 5.74) is 0. The van der Waals surface area contributed by atoms with E-state index in [2.05, 4.69) is 136 Å². The van der Waals surface area contributed by atoms with Crippen LogP contribution >= 0.6 is 0 Å². The van der Waals surface area contributed by atoms with E-state index in [1.54, 1.807) is 0 Å². The van der Waals surface area contributed by atoms with Crippen LogP contribution in [0.15, 0.2) is 122 Å². The molecule has 1 unspecified atom stereocenters. The van der Waals surface area contributed by atoms with Crippen molar-refractivity contribution in [1.82, 2.24) is 0 Å². The number of rotatable bonds is 48. The molecule has 0 N–H and O–H groups in total. The molecule has 66 heavy (non-hydrogen) atoms. The van der Waals surface area contributed by atoms with Crippen molar-refractivity contribution in [3.63, 3.8) is 0 Å². The van der Waals surface area contributed by atoms with Gasteiger partial charge in [0.1, 0.15) is 6.61 Å². The second-order valence-electron chi connectivity index (χ2n) is 17.4. The fourth-order valence-corrected chi connectivity index (χ4v) is 7.01. The summed E-state index contributed by atoms with van der Waals surface area (Å²) in [5.74, 6) is -0.535. The van der Waals surface area contributed by atoms with Crippen LogP contribution in [0.25, 0.3) is 0 Å². The number of hydrogen-bond acceptors (Lipinski definition) is 5. The molecule has 1 atom stereocenters. The quantitative estimate of drug-likeness (QED) is 0.0346. The van der Waals surface area contributed by atoms with Crippen LogP contribution in [0.3, 0.4) is 0 Å². The van der Waals surface area contributed by atoms with Crippen LogP contribution in [-0.4, -0.2) is 37.9 Å². The minimum Gasteiger partial charge on any atom is -0.462 e. The minimum absolute atomic E-state index is 0.0252. The molecule has 0 fully saturated rings. The maximum absolute atomic E-state index is 12.8. The summed E-state index contributed by atoms with van der Waals surface area (Å²) in [5, 5.41) is 0. The van der Waals surface area contributed by atoms with Crippen LogP contribution in [0.4, 0.5) is 0 Å². The molecular formula is C61H100O5. The van der Waals surface area contributed by atoms with Gasteiger partial charge in [-0.25, -0.2) is 0 Å². The maximum atomic E-state index is 12.8. The van der Waals surface area contributed by atoms with Crippen LogP contribution in [0.1, 0.15) is 226 Å². The largest absolute Gasteiger partial charge is 0.462 e. The zero-order chi connectivity index (χ0) is 47.7. The Kier molecular flexibility index (Phi) is 52.5. The first-order valence-corrected chi connectivity index (χ1v) is 27.1. The number of hydrogen-bond donors (Lipinski definition) is 0. The van der Waals surface area contributed by atoms with Gasteiger partial charge in [-0.1, -0.05) is 219 Å². The normalized spacial score (nSPS) is 13.2. The molecular weight excluding hydrogens is 813 g/mol. The molecule has 0 aliphatic heterocycles. The Morgan fingerprint density at radius 2 is 0.712 bits per heavy atom. The number of esters is 2. The van der Waals surface area contributed by atoms with E-state index in [1.165, 1.54) is 89.9 Å². The lowest BCUT2D eigenvalue weighted by Gasteiger charge is -2.18. The molecule has 0 radical (unpaired) electrons. The standard InChI is InChI=1S/C61H100O5/c1-4-7-10-13-16-19-22-25-27-29-31-32-34-37-39-42-45-48-51-54-60(62)65-58-59(66-61(63)55-52-49-46-43-40-36-24-21-18-15-12-9-6-3)57-64-56-53-50-47-44-41-38-35-33-30-28-26-23-20-17-14-11-8-5-2/h7,9-10,12,16,18-19,21,25-28,31-32,36-37,39-40,45,48,59H,4-6,8,11,13-15,17,20,22-24,29-30,33-35,38,41-44,46-47,49-58H2,1-3H3/b10-7-,12-9-,19-16-,21-18-,27-25-,28-26-,32-31-,39-37-,40-36-,48-45-. The number of unbranched alkanes of at least 4 members (excludes halogenated alkanes) is 17. The second-order valence-corrected chi connectivity index (χ2v) is 17.4. The van der Waals surface area contributed by atoms with Gasteiger partial charge in [-0.3, -0.25) is 9.59 Å². The minimum atomic E-state index is -0.592. The summed E-state index contributed by atoms with van der Waals surface area (Å²) in [6, 6.07) is 0. The number of ether oxygens (including phenoxy) is 3. The van der Waals surface area contributed by atoms with Crippen molar-refractivity contribution in [2.24, 2.45) is 0 Å². The Balaban J connectivity index is 4.42. The predicted molar refractivity (Wildman–Crippen MR) is 288 cm³/mol. The van der Waals surface area contributed by atoms with Crippen molar-refractivity contribution < 1.29 is 23.8 Å². The van der Waals surface area contributed by atoms with Gasteiger partial charge in [-0.05, 0) is 116 Å². The van der Waals surface area contributed by atoms with Crippen molar-refractivity contribution in [2.45, 2.75) is 232 Å². The van der Waals surface area contributed by atoms with Crippen LogP contribution < -0.4 is 0 Å². The molecule has 5 heteroatoms. The van der Waals surface area contributed by atoms with Crippen LogP contribution in [0.5, 0.6) is 0 Å². The first-order chi connectivity index (χ1) is 32.6. The summed E-state index contributed by atoms with van der Waals surface area (Å²) in [7, 11) is 0.